The molecule has 0 spiro atoms. The summed E-state index contributed by atoms with van der Waals surface area (Å²) in [6.45, 7) is 6.68. The Morgan fingerprint density at radius 1 is 0.952 bits per heavy atom. The van der Waals surface area contributed by atoms with Gasteiger partial charge in [0, 0.05) is 12.1 Å². The van der Waals surface area contributed by atoms with E-state index >= 15 is 0 Å². The first-order valence-corrected chi connectivity index (χ1v) is 13.2. The Balaban J connectivity index is 1.46. The summed E-state index contributed by atoms with van der Waals surface area (Å²) < 4.78 is 33.7. The maximum atomic E-state index is 12.1. The van der Waals surface area contributed by atoms with Crippen LogP contribution in [0, 0.1) is 16.7 Å². The molecule has 2 N–H and O–H groups in total. The number of carbonyl (C=O) groups is 2. The van der Waals surface area contributed by atoms with Crippen molar-refractivity contribution in [1.29, 1.82) is 0 Å². The molecule has 15 nitrogen and oxygen atoms in total. The van der Waals surface area contributed by atoms with E-state index in [-0.39, 0.29) is 29.2 Å². The summed E-state index contributed by atoms with van der Waals surface area (Å²) in [5.41, 5.74) is 1.44. The van der Waals surface area contributed by atoms with Gasteiger partial charge in [-0.05, 0) is 59.7 Å². The zero-order valence-corrected chi connectivity index (χ0v) is 22.0. The van der Waals surface area contributed by atoms with E-state index in [1.54, 1.807) is 0 Å². The third kappa shape index (κ3) is 7.44. The number of nitrogens with zero attached hydrogens (tertiary/aromatic N) is 7. The van der Waals surface area contributed by atoms with E-state index in [2.05, 4.69) is 35.8 Å². The fourth-order valence-electron chi connectivity index (χ4n) is 3.57. The van der Waals surface area contributed by atoms with Gasteiger partial charge >= 0.3 is 0 Å². The van der Waals surface area contributed by atoms with Crippen molar-refractivity contribution in [2.75, 3.05) is 0 Å². The highest BCUT2D eigenvalue weighted by Gasteiger charge is 2.34. The van der Waals surface area contributed by atoms with Gasteiger partial charge in [-0.3, -0.25) is 24.3 Å². The van der Waals surface area contributed by atoms with Gasteiger partial charge < -0.3 is 5.32 Å². The molecule has 1 aliphatic rings. The highest BCUT2D eigenvalue weighted by molar-refractivity contribution is 7.86. The first-order valence-electron chi connectivity index (χ1n) is 11.8. The predicted octanol–water partition coefficient (Wildman–Crippen LogP) is 5.20. The molecule has 3 aromatic rings. The van der Waals surface area contributed by atoms with Crippen molar-refractivity contribution in [2.24, 2.45) is 25.6 Å². The number of carbonyl (C=O) groups excluding carboxylic acids is 2. The van der Waals surface area contributed by atoms with Gasteiger partial charge in [0.2, 0.25) is 6.04 Å². The number of rotatable bonds is 8. The summed E-state index contributed by atoms with van der Waals surface area (Å²) in [6, 6.07) is 14.3. The number of non-ortho nitro benzene ring substituents is 1. The van der Waals surface area contributed by atoms with Crippen molar-refractivity contribution >= 4 is 62.5 Å². The first-order chi connectivity index (χ1) is 20.0. The lowest BCUT2D eigenvalue weighted by Crippen LogP contribution is -2.48. The second kappa shape index (κ2) is 12.6. The number of amidine groups is 1. The largest absolute Gasteiger partial charge is 0.306 e. The van der Waals surface area contributed by atoms with Crippen LogP contribution in [0.2, 0.25) is 0 Å². The summed E-state index contributed by atoms with van der Waals surface area (Å²) in [7, 11) is -4.63. The Labute approximate surface area is 237 Å². The number of nitro benzene ring substituents is 1. The highest BCUT2D eigenvalue weighted by Crippen LogP contribution is 2.27. The molecule has 4 rings (SSSR count). The van der Waals surface area contributed by atoms with Crippen molar-refractivity contribution in [3.8, 4) is 0 Å². The molecule has 1 heterocycles. The quantitative estimate of drug-likeness (QED) is 0.0684. The van der Waals surface area contributed by atoms with Crippen molar-refractivity contribution in [1.82, 2.24) is 5.32 Å². The minimum atomic E-state index is -4.63. The van der Waals surface area contributed by atoms with Gasteiger partial charge in [0.05, 0.1) is 28.4 Å². The Bertz CT molecular complexity index is 1810. The van der Waals surface area contributed by atoms with E-state index in [9.17, 15) is 32.7 Å². The second-order valence-electron chi connectivity index (χ2n) is 8.49. The lowest BCUT2D eigenvalue weighted by atomic mass is 10.1. The van der Waals surface area contributed by atoms with E-state index in [1.807, 2.05) is 0 Å². The van der Waals surface area contributed by atoms with Crippen LogP contribution in [0.4, 0.5) is 22.7 Å². The van der Waals surface area contributed by atoms with Crippen LogP contribution in [-0.2, 0) is 19.7 Å². The molecule has 1 amide bonds. The summed E-state index contributed by atoms with van der Waals surface area (Å²) in [4.78, 5) is 36.8. The smallest absolute Gasteiger partial charge is 0.295 e. The van der Waals surface area contributed by atoms with Crippen molar-refractivity contribution in [3.63, 3.8) is 0 Å². The number of nitrogens with one attached hydrogen (secondary N) is 1. The Morgan fingerprint density at radius 3 is 2.17 bits per heavy atom. The number of benzene rings is 3. The molecule has 1 saturated heterocycles. The molecular weight excluding hydrogens is 568 g/mol. The van der Waals surface area contributed by atoms with E-state index < -0.39 is 37.7 Å². The van der Waals surface area contributed by atoms with Crippen LogP contribution in [0.25, 0.3) is 17.1 Å². The first kappa shape index (κ1) is 29.2. The average molecular weight is 587 g/mol. The van der Waals surface area contributed by atoms with Crippen molar-refractivity contribution in [2.45, 2.75) is 17.4 Å². The minimum absolute atomic E-state index is 0.0433. The maximum Gasteiger partial charge on any atom is 0.295 e. The number of nitro groups is 1. The number of hydrogen-bond acceptors (Lipinski definition) is 11. The molecule has 210 valence electrons. The number of amides is 1. The Morgan fingerprint density at radius 2 is 1.57 bits per heavy atom. The van der Waals surface area contributed by atoms with E-state index in [0.29, 0.717) is 16.9 Å². The maximum absolute atomic E-state index is 12.1. The van der Waals surface area contributed by atoms with Crippen LogP contribution in [0.5, 0.6) is 0 Å². The molecule has 1 unspecified atom stereocenters. The lowest BCUT2D eigenvalue weighted by Gasteiger charge is -2.15. The summed E-state index contributed by atoms with van der Waals surface area (Å²) in [5, 5.41) is 32.2. The summed E-state index contributed by atoms with van der Waals surface area (Å²) in [5.74, 6) is -1.33. The molecule has 1 atom stereocenters. The zero-order chi connectivity index (χ0) is 30.3. The van der Waals surface area contributed by atoms with Gasteiger partial charge in [0.1, 0.15) is 10.00 Å². The molecule has 16 heteroatoms. The standard InChI is InChI=1S/C26H18N8O7S/c1-27-32-24-15-22(35)25(26(36)28-24)33-30-19-10-8-18(9-11-19)29-31-20-7-6-17(23(14-20)42(39,40)41)5-2-16-3-12-21(13-4-16)34(37)38/h2-14,25H,15H2,(H,28,32,36)(H,39,40,41)/b5-2+,31-29?,33-30?. The molecule has 1 fully saturated rings. The monoisotopic (exact) mass is 586 g/mol. The number of azo groups is 2. The predicted molar refractivity (Wildman–Crippen MR) is 149 cm³/mol. The van der Waals surface area contributed by atoms with Crippen LogP contribution < -0.4 is 5.32 Å². The molecule has 42 heavy (non-hydrogen) atoms. The van der Waals surface area contributed by atoms with Gasteiger partial charge in [-0.15, -0.1) is 4.95 Å². The molecule has 0 aromatic heterocycles. The number of ketones is 1. The molecule has 0 bridgehead atoms. The van der Waals surface area contributed by atoms with Crippen LogP contribution in [0.15, 0.2) is 97.2 Å². The highest BCUT2D eigenvalue weighted by atomic mass is 32.2. The molecule has 1 aliphatic heterocycles. The third-order valence-electron chi connectivity index (χ3n) is 5.59. The molecule has 0 saturated carbocycles. The second-order valence-corrected chi connectivity index (χ2v) is 9.88. The van der Waals surface area contributed by atoms with Crippen molar-refractivity contribution < 1.29 is 27.5 Å². The number of piperidine rings is 1. The van der Waals surface area contributed by atoms with Gasteiger partial charge in [0.25, 0.3) is 21.7 Å². The minimum Gasteiger partial charge on any atom is -0.306 e. The van der Waals surface area contributed by atoms with Gasteiger partial charge in [-0.2, -0.15) is 35.4 Å². The summed E-state index contributed by atoms with van der Waals surface area (Å²) >= 11 is 0. The van der Waals surface area contributed by atoms with Crippen LogP contribution in [0.3, 0.4) is 0 Å². The number of Topliss-reactive ketones (excluding diaryl/α,β-unsaturated/α-hetero) is 1. The average Bonchev–Trinajstić information content (AvgIpc) is 2.95. The van der Waals surface area contributed by atoms with Gasteiger partial charge in [-0.25, -0.2) is 0 Å². The Hall–Kier alpha value is -5.79. The van der Waals surface area contributed by atoms with Crippen LogP contribution in [0.1, 0.15) is 17.5 Å². The normalized spacial score (nSPS) is 16.8. The SMILES string of the molecule is [C-]#[N+]N=C1CC(=O)C(N=Nc2ccc(N=Nc3ccc(/C=C/c4ccc([N+](=O)[O-])cc4)c(S(=O)(=O)O)c3)cc2)C(=O)N1. The lowest BCUT2D eigenvalue weighted by molar-refractivity contribution is -0.384. The van der Waals surface area contributed by atoms with Crippen LogP contribution in [-0.4, -0.2) is 41.5 Å². The fourth-order valence-corrected chi connectivity index (χ4v) is 4.27. The van der Waals surface area contributed by atoms with Gasteiger partial charge in [0.15, 0.2) is 11.6 Å². The Kier molecular flexibility index (Phi) is 8.75. The molecule has 3 aromatic carbocycles. The van der Waals surface area contributed by atoms with E-state index in [1.165, 1.54) is 72.8 Å². The zero-order valence-electron chi connectivity index (χ0n) is 21.2. The van der Waals surface area contributed by atoms with Crippen LogP contribution >= 0.6 is 0 Å². The third-order valence-corrected chi connectivity index (χ3v) is 6.50. The molecular formula is C26H18N8O7S. The van der Waals surface area contributed by atoms with E-state index in [4.69, 9.17) is 6.57 Å². The summed E-state index contributed by atoms with van der Waals surface area (Å²) in [6.07, 6.45) is 2.72. The molecule has 0 aliphatic carbocycles. The van der Waals surface area contributed by atoms with Crippen molar-refractivity contribution in [3.05, 3.63) is 99.5 Å². The fraction of sp³-hybridized carbons (Fsp3) is 0.0769. The topological polar surface area (TPSA) is 210 Å². The van der Waals surface area contributed by atoms with E-state index in [0.717, 1.165) is 6.07 Å². The number of hydrogen-bond donors (Lipinski definition) is 2. The molecule has 0 radical (unpaired) electrons. The van der Waals surface area contributed by atoms with Gasteiger partial charge in [-0.1, -0.05) is 18.2 Å².